The molecule has 0 aromatic heterocycles. The summed E-state index contributed by atoms with van der Waals surface area (Å²) in [6.45, 7) is 8.98. The Kier molecular flexibility index (Phi) is 6.31. The van der Waals surface area contributed by atoms with Gasteiger partial charge in [0.1, 0.15) is 11.6 Å². The normalized spacial score (nSPS) is 13.2. The van der Waals surface area contributed by atoms with Gasteiger partial charge in [0.05, 0.1) is 6.61 Å². The molecule has 98 valence electrons. The summed E-state index contributed by atoms with van der Waals surface area (Å²) < 4.78 is 9.88. The number of ether oxygens (including phenoxy) is 2. The standard InChI is InChI=1S/C12H21NO4/c1-6-8-9(10(14)16-7-2)13-11(15)17-12(3,4)5/h6,8-9H,7H2,1-5H3,(H,13,15)/b8-6+/t9-/m0/s1. The number of carbonyl (C=O) groups is 2. The molecule has 0 aliphatic carbocycles. The van der Waals surface area contributed by atoms with E-state index in [4.69, 9.17) is 9.47 Å². The van der Waals surface area contributed by atoms with Crippen LogP contribution in [0.4, 0.5) is 4.79 Å². The first-order valence-corrected chi connectivity index (χ1v) is 5.59. The fraction of sp³-hybridized carbons (Fsp3) is 0.667. The van der Waals surface area contributed by atoms with Crippen LogP contribution in [0.3, 0.4) is 0 Å². The van der Waals surface area contributed by atoms with Crippen molar-refractivity contribution in [2.45, 2.75) is 46.3 Å². The summed E-state index contributed by atoms with van der Waals surface area (Å²) in [7, 11) is 0. The molecule has 1 N–H and O–H groups in total. The van der Waals surface area contributed by atoms with Crippen LogP contribution in [0.15, 0.2) is 12.2 Å². The average Bonchev–Trinajstić information content (AvgIpc) is 2.14. The lowest BCUT2D eigenvalue weighted by Crippen LogP contribution is -2.43. The van der Waals surface area contributed by atoms with E-state index in [0.29, 0.717) is 0 Å². The van der Waals surface area contributed by atoms with Crippen LogP contribution >= 0.6 is 0 Å². The molecule has 5 heteroatoms. The summed E-state index contributed by atoms with van der Waals surface area (Å²) in [5.74, 6) is -0.503. The molecule has 0 rings (SSSR count). The van der Waals surface area contributed by atoms with Gasteiger partial charge in [-0.05, 0) is 34.6 Å². The van der Waals surface area contributed by atoms with Gasteiger partial charge in [0.25, 0.3) is 0 Å². The Morgan fingerprint density at radius 3 is 2.35 bits per heavy atom. The molecule has 0 aromatic rings. The van der Waals surface area contributed by atoms with E-state index in [2.05, 4.69) is 5.32 Å². The van der Waals surface area contributed by atoms with Gasteiger partial charge >= 0.3 is 12.1 Å². The molecule has 0 fully saturated rings. The van der Waals surface area contributed by atoms with Crippen LogP contribution in [0.1, 0.15) is 34.6 Å². The summed E-state index contributed by atoms with van der Waals surface area (Å²) in [6, 6.07) is -0.810. The number of nitrogens with one attached hydrogen (secondary N) is 1. The first-order chi connectivity index (χ1) is 7.80. The lowest BCUT2D eigenvalue weighted by atomic mass is 10.2. The van der Waals surface area contributed by atoms with Crippen LogP contribution < -0.4 is 5.32 Å². The van der Waals surface area contributed by atoms with Crippen LogP contribution in [-0.2, 0) is 14.3 Å². The Labute approximate surface area is 102 Å². The van der Waals surface area contributed by atoms with Crippen molar-refractivity contribution in [3.63, 3.8) is 0 Å². The molecule has 0 aliphatic rings. The third-order valence-corrected chi connectivity index (χ3v) is 1.60. The second kappa shape index (κ2) is 6.93. The van der Waals surface area contributed by atoms with Gasteiger partial charge in [-0.1, -0.05) is 12.2 Å². The fourth-order valence-corrected chi connectivity index (χ4v) is 1.04. The number of amides is 1. The number of allylic oxidation sites excluding steroid dienone is 1. The number of rotatable bonds is 4. The van der Waals surface area contributed by atoms with Crippen LogP contribution in [0.25, 0.3) is 0 Å². The van der Waals surface area contributed by atoms with E-state index in [0.717, 1.165) is 0 Å². The molecule has 0 aromatic carbocycles. The molecule has 17 heavy (non-hydrogen) atoms. The van der Waals surface area contributed by atoms with Crippen LogP contribution in [0.2, 0.25) is 0 Å². The van der Waals surface area contributed by atoms with E-state index in [1.165, 1.54) is 0 Å². The van der Waals surface area contributed by atoms with Gasteiger partial charge < -0.3 is 14.8 Å². The molecule has 0 saturated heterocycles. The fourth-order valence-electron chi connectivity index (χ4n) is 1.04. The van der Waals surface area contributed by atoms with Gasteiger partial charge in [0.15, 0.2) is 0 Å². The molecule has 1 atom stereocenters. The van der Waals surface area contributed by atoms with Gasteiger partial charge in [-0.15, -0.1) is 0 Å². The van der Waals surface area contributed by atoms with Gasteiger partial charge in [0.2, 0.25) is 0 Å². The summed E-state index contributed by atoms with van der Waals surface area (Å²) in [6.07, 6.45) is 2.56. The second-order valence-corrected chi connectivity index (χ2v) is 4.40. The summed E-state index contributed by atoms with van der Waals surface area (Å²) in [4.78, 5) is 23.0. The zero-order valence-corrected chi connectivity index (χ0v) is 11.1. The molecule has 0 heterocycles. The molecular formula is C12H21NO4. The van der Waals surface area contributed by atoms with E-state index < -0.39 is 23.7 Å². The number of esters is 1. The van der Waals surface area contributed by atoms with Gasteiger partial charge in [-0.25, -0.2) is 9.59 Å². The topological polar surface area (TPSA) is 64.6 Å². The highest BCUT2D eigenvalue weighted by Gasteiger charge is 2.22. The third-order valence-electron chi connectivity index (χ3n) is 1.60. The minimum Gasteiger partial charge on any atom is -0.464 e. The van der Waals surface area contributed by atoms with Crippen molar-refractivity contribution in [1.29, 1.82) is 0 Å². The van der Waals surface area contributed by atoms with Crippen molar-refractivity contribution >= 4 is 12.1 Å². The molecule has 0 aliphatic heterocycles. The smallest absolute Gasteiger partial charge is 0.408 e. The second-order valence-electron chi connectivity index (χ2n) is 4.40. The lowest BCUT2D eigenvalue weighted by molar-refractivity contribution is -0.144. The molecule has 0 saturated carbocycles. The van der Waals surface area contributed by atoms with Crippen LogP contribution in [-0.4, -0.2) is 30.3 Å². The van der Waals surface area contributed by atoms with Crippen LogP contribution in [0, 0.1) is 0 Å². The monoisotopic (exact) mass is 243 g/mol. The highest BCUT2D eigenvalue weighted by molar-refractivity contribution is 5.83. The van der Waals surface area contributed by atoms with Crippen molar-refractivity contribution in [2.24, 2.45) is 0 Å². The highest BCUT2D eigenvalue weighted by atomic mass is 16.6. The number of alkyl carbamates (subject to hydrolysis) is 1. The lowest BCUT2D eigenvalue weighted by Gasteiger charge is -2.21. The number of hydrogen-bond acceptors (Lipinski definition) is 4. The first-order valence-electron chi connectivity index (χ1n) is 5.59. The molecule has 0 radical (unpaired) electrons. The van der Waals surface area contributed by atoms with Crippen molar-refractivity contribution < 1.29 is 19.1 Å². The highest BCUT2D eigenvalue weighted by Crippen LogP contribution is 2.07. The number of carbonyl (C=O) groups excluding carboxylic acids is 2. The maximum absolute atomic E-state index is 11.5. The summed E-state index contributed by atoms with van der Waals surface area (Å²) in [5, 5.41) is 2.44. The van der Waals surface area contributed by atoms with E-state index in [9.17, 15) is 9.59 Å². The maximum atomic E-state index is 11.5. The average molecular weight is 243 g/mol. The third kappa shape index (κ3) is 7.38. The largest absolute Gasteiger partial charge is 0.464 e. The first kappa shape index (κ1) is 15.5. The SMILES string of the molecule is C/C=C/[C@H](NC(=O)OC(C)(C)C)C(=O)OCC. The number of hydrogen-bond donors (Lipinski definition) is 1. The van der Waals surface area contributed by atoms with Crippen molar-refractivity contribution in [3.8, 4) is 0 Å². The molecule has 5 nitrogen and oxygen atoms in total. The van der Waals surface area contributed by atoms with Crippen molar-refractivity contribution in [2.75, 3.05) is 6.61 Å². The minimum atomic E-state index is -0.810. The zero-order chi connectivity index (χ0) is 13.5. The van der Waals surface area contributed by atoms with E-state index >= 15 is 0 Å². The minimum absolute atomic E-state index is 0.267. The molecule has 1 amide bonds. The van der Waals surface area contributed by atoms with E-state index in [1.54, 1.807) is 46.8 Å². The zero-order valence-electron chi connectivity index (χ0n) is 11.1. The Balaban J connectivity index is 4.45. The molecule has 0 bridgehead atoms. The van der Waals surface area contributed by atoms with E-state index in [1.807, 2.05) is 0 Å². The predicted molar refractivity (Wildman–Crippen MR) is 64.6 cm³/mol. The van der Waals surface area contributed by atoms with Crippen molar-refractivity contribution in [1.82, 2.24) is 5.32 Å². The molecule has 0 unspecified atom stereocenters. The summed E-state index contributed by atoms with van der Waals surface area (Å²) in [5.41, 5.74) is -0.598. The van der Waals surface area contributed by atoms with Crippen molar-refractivity contribution in [3.05, 3.63) is 12.2 Å². The van der Waals surface area contributed by atoms with E-state index in [-0.39, 0.29) is 6.61 Å². The Bertz CT molecular complexity index is 291. The van der Waals surface area contributed by atoms with Gasteiger partial charge in [-0.3, -0.25) is 0 Å². The Hall–Kier alpha value is -1.52. The Morgan fingerprint density at radius 1 is 1.35 bits per heavy atom. The van der Waals surface area contributed by atoms with Crippen LogP contribution in [0.5, 0.6) is 0 Å². The maximum Gasteiger partial charge on any atom is 0.408 e. The molecular weight excluding hydrogens is 222 g/mol. The summed E-state index contributed by atoms with van der Waals surface area (Å²) >= 11 is 0. The quantitative estimate of drug-likeness (QED) is 0.606. The predicted octanol–water partition coefficient (Wildman–Crippen LogP) is 2.02. The van der Waals surface area contributed by atoms with Gasteiger partial charge in [-0.2, -0.15) is 0 Å². The van der Waals surface area contributed by atoms with Gasteiger partial charge in [0, 0.05) is 0 Å². The molecule has 0 spiro atoms. The Morgan fingerprint density at radius 2 is 1.94 bits per heavy atom.